The molecule has 0 aliphatic heterocycles. The number of nitrogens with two attached hydrogens (primary N) is 2. The minimum atomic E-state index is -0.134. The van der Waals surface area contributed by atoms with E-state index < -0.39 is 0 Å². The molecule has 2 heterocycles. The Morgan fingerprint density at radius 1 is 1.08 bits per heavy atom. The summed E-state index contributed by atoms with van der Waals surface area (Å²) in [6.07, 6.45) is 1.85. The number of H-pyrrole nitrogens is 1. The van der Waals surface area contributed by atoms with Crippen molar-refractivity contribution in [3.63, 3.8) is 0 Å². The minimum absolute atomic E-state index is 0.131. The average molecular weight is 332 g/mol. The van der Waals surface area contributed by atoms with Gasteiger partial charge in [-0.15, -0.1) is 0 Å². The summed E-state index contributed by atoms with van der Waals surface area (Å²) in [6.45, 7) is 0.379. The largest absolute Gasteiger partial charge is 0.383 e. The monoisotopic (exact) mass is 332 g/mol. The maximum atomic E-state index is 12.4. The zero-order chi connectivity index (χ0) is 17.4. The Kier molecular flexibility index (Phi) is 3.46. The Balaban J connectivity index is 1.54. The zero-order valence-corrected chi connectivity index (χ0v) is 13.3. The van der Waals surface area contributed by atoms with Gasteiger partial charge in [0.15, 0.2) is 0 Å². The smallest absolute Gasteiger partial charge is 0.251 e. The van der Waals surface area contributed by atoms with Crippen LogP contribution in [0.25, 0.3) is 21.8 Å². The van der Waals surface area contributed by atoms with Crippen LogP contribution >= 0.6 is 0 Å². The molecule has 0 unspecified atom stereocenters. The van der Waals surface area contributed by atoms with Crippen molar-refractivity contribution in [3.05, 3.63) is 59.8 Å². The molecule has 2 aromatic heterocycles. The molecule has 0 saturated heterocycles. The summed E-state index contributed by atoms with van der Waals surface area (Å²) < 4.78 is 0. The number of aromatic nitrogens is 3. The van der Waals surface area contributed by atoms with Crippen LogP contribution < -0.4 is 16.8 Å². The first kappa shape index (κ1) is 14.9. The average Bonchev–Trinajstić information content (AvgIpc) is 3.06. The van der Waals surface area contributed by atoms with Gasteiger partial charge < -0.3 is 21.8 Å². The highest BCUT2D eigenvalue weighted by Crippen LogP contribution is 2.20. The number of nitrogen functional groups attached to an aromatic ring is 2. The van der Waals surface area contributed by atoms with Gasteiger partial charge in [-0.2, -0.15) is 4.98 Å². The molecule has 2 aromatic carbocycles. The van der Waals surface area contributed by atoms with Crippen LogP contribution in [0.5, 0.6) is 0 Å². The number of nitrogens with zero attached hydrogens (tertiary/aromatic N) is 2. The molecule has 0 radical (unpaired) electrons. The Hall–Kier alpha value is -3.61. The quantitative estimate of drug-likeness (QED) is 0.458. The lowest BCUT2D eigenvalue weighted by Crippen LogP contribution is -2.22. The molecule has 7 nitrogen and oxygen atoms in total. The van der Waals surface area contributed by atoms with Gasteiger partial charge in [0.2, 0.25) is 5.95 Å². The van der Waals surface area contributed by atoms with Gasteiger partial charge in [0.05, 0.1) is 5.52 Å². The van der Waals surface area contributed by atoms with Gasteiger partial charge in [-0.25, -0.2) is 4.98 Å². The molecular formula is C18H16N6O. The second kappa shape index (κ2) is 5.79. The predicted molar refractivity (Wildman–Crippen MR) is 97.8 cm³/mol. The zero-order valence-electron chi connectivity index (χ0n) is 13.3. The van der Waals surface area contributed by atoms with E-state index in [1.165, 1.54) is 0 Å². The van der Waals surface area contributed by atoms with Crippen LogP contribution in [0.2, 0.25) is 0 Å². The molecule has 1 amide bonds. The van der Waals surface area contributed by atoms with E-state index in [1.807, 2.05) is 42.6 Å². The molecule has 4 aromatic rings. The maximum Gasteiger partial charge on any atom is 0.251 e. The molecule has 4 rings (SSSR count). The molecule has 6 N–H and O–H groups in total. The molecule has 0 atom stereocenters. The normalized spacial score (nSPS) is 11.0. The molecule has 124 valence electrons. The Morgan fingerprint density at radius 2 is 1.96 bits per heavy atom. The summed E-state index contributed by atoms with van der Waals surface area (Å²) in [6, 6.07) is 13.0. The number of nitrogens with one attached hydrogen (secondary N) is 2. The third kappa shape index (κ3) is 2.83. The van der Waals surface area contributed by atoms with Crippen molar-refractivity contribution in [2.45, 2.75) is 6.54 Å². The lowest BCUT2D eigenvalue weighted by molar-refractivity contribution is 0.0951. The van der Waals surface area contributed by atoms with Crippen LogP contribution in [-0.4, -0.2) is 20.9 Å². The molecule has 0 fully saturated rings. The fourth-order valence-electron chi connectivity index (χ4n) is 2.81. The summed E-state index contributed by atoms with van der Waals surface area (Å²) in [5.74, 6) is 0.341. The van der Waals surface area contributed by atoms with Gasteiger partial charge in [-0.1, -0.05) is 6.07 Å². The standard InChI is InChI=1S/C18H16N6O/c19-16-13-3-1-10(7-15(13)23-18(20)24-16)9-22-17(25)12-2-4-14-11(8-12)5-6-21-14/h1-8,21H,9H2,(H,22,25)(H4,19,20,23,24). The van der Waals surface area contributed by atoms with E-state index >= 15 is 0 Å². The van der Waals surface area contributed by atoms with E-state index in [1.54, 1.807) is 6.07 Å². The highest BCUT2D eigenvalue weighted by molar-refractivity contribution is 5.98. The van der Waals surface area contributed by atoms with Crippen LogP contribution in [0.15, 0.2) is 48.7 Å². The molecule has 7 heteroatoms. The summed E-state index contributed by atoms with van der Waals surface area (Å²) in [4.78, 5) is 23.6. The van der Waals surface area contributed by atoms with E-state index in [0.717, 1.165) is 21.9 Å². The van der Waals surface area contributed by atoms with Gasteiger partial charge >= 0.3 is 0 Å². The van der Waals surface area contributed by atoms with Crippen LogP contribution in [0.4, 0.5) is 11.8 Å². The first-order valence-electron chi connectivity index (χ1n) is 7.77. The molecule has 0 saturated carbocycles. The van der Waals surface area contributed by atoms with Gasteiger partial charge in [0.1, 0.15) is 5.82 Å². The van der Waals surface area contributed by atoms with Gasteiger partial charge in [-0.3, -0.25) is 4.79 Å². The van der Waals surface area contributed by atoms with Gasteiger partial charge in [-0.05, 0) is 42.0 Å². The van der Waals surface area contributed by atoms with Crippen molar-refractivity contribution < 1.29 is 4.79 Å². The molecule has 25 heavy (non-hydrogen) atoms. The summed E-state index contributed by atoms with van der Waals surface area (Å²) in [5, 5.41) is 4.65. The summed E-state index contributed by atoms with van der Waals surface area (Å²) in [5.41, 5.74) is 14.7. The van der Waals surface area contributed by atoms with Crippen molar-refractivity contribution >= 4 is 39.5 Å². The van der Waals surface area contributed by atoms with Crippen molar-refractivity contribution in [2.24, 2.45) is 0 Å². The number of amides is 1. The lowest BCUT2D eigenvalue weighted by Gasteiger charge is -2.08. The SMILES string of the molecule is Nc1nc(N)c2ccc(CNC(=O)c3ccc4[nH]ccc4c3)cc2n1. The fraction of sp³-hybridized carbons (Fsp3) is 0.0556. The number of anilines is 2. The van der Waals surface area contributed by atoms with Crippen LogP contribution in [-0.2, 0) is 6.54 Å². The van der Waals surface area contributed by atoms with Gasteiger partial charge in [0.25, 0.3) is 5.91 Å². The number of benzene rings is 2. The van der Waals surface area contributed by atoms with Crippen molar-refractivity contribution in [2.75, 3.05) is 11.5 Å². The lowest BCUT2D eigenvalue weighted by atomic mass is 10.1. The van der Waals surface area contributed by atoms with E-state index in [0.29, 0.717) is 23.4 Å². The van der Waals surface area contributed by atoms with Gasteiger partial charge in [0, 0.05) is 34.6 Å². The summed E-state index contributed by atoms with van der Waals surface area (Å²) >= 11 is 0. The van der Waals surface area contributed by atoms with Crippen LogP contribution in [0.1, 0.15) is 15.9 Å². The van der Waals surface area contributed by atoms with E-state index in [9.17, 15) is 4.79 Å². The van der Waals surface area contributed by atoms with E-state index in [-0.39, 0.29) is 11.9 Å². The Labute approximate surface area is 143 Å². The molecule has 0 aliphatic carbocycles. The van der Waals surface area contributed by atoms with Crippen LogP contribution in [0.3, 0.4) is 0 Å². The topological polar surface area (TPSA) is 123 Å². The molecular weight excluding hydrogens is 316 g/mol. The Morgan fingerprint density at radius 3 is 2.84 bits per heavy atom. The van der Waals surface area contributed by atoms with E-state index in [2.05, 4.69) is 20.3 Å². The number of carbonyl (C=O) groups excluding carboxylic acids is 1. The molecule has 0 spiro atoms. The number of carbonyl (C=O) groups is 1. The Bertz CT molecular complexity index is 1100. The first-order chi connectivity index (χ1) is 12.1. The number of hydrogen-bond acceptors (Lipinski definition) is 5. The highest BCUT2D eigenvalue weighted by Gasteiger charge is 2.08. The fourth-order valence-corrected chi connectivity index (χ4v) is 2.81. The second-order valence-corrected chi connectivity index (χ2v) is 5.78. The minimum Gasteiger partial charge on any atom is -0.383 e. The van der Waals surface area contributed by atoms with Crippen molar-refractivity contribution in [1.82, 2.24) is 20.3 Å². The van der Waals surface area contributed by atoms with Crippen molar-refractivity contribution in [3.8, 4) is 0 Å². The maximum absolute atomic E-state index is 12.4. The highest BCUT2D eigenvalue weighted by atomic mass is 16.1. The second-order valence-electron chi connectivity index (χ2n) is 5.78. The third-order valence-electron chi connectivity index (χ3n) is 4.08. The molecule has 0 aliphatic rings. The third-order valence-corrected chi connectivity index (χ3v) is 4.08. The van der Waals surface area contributed by atoms with Crippen molar-refractivity contribution in [1.29, 1.82) is 0 Å². The van der Waals surface area contributed by atoms with Crippen LogP contribution in [0, 0.1) is 0 Å². The first-order valence-corrected chi connectivity index (χ1v) is 7.77. The van der Waals surface area contributed by atoms with E-state index in [4.69, 9.17) is 11.5 Å². The molecule has 0 bridgehead atoms. The number of aromatic amines is 1. The number of rotatable bonds is 3. The summed E-state index contributed by atoms with van der Waals surface area (Å²) in [7, 11) is 0. The number of fused-ring (bicyclic) bond motifs is 2. The number of hydrogen-bond donors (Lipinski definition) is 4. The predicted octanol–water partition coefficient (Wildman–Crippen LogP) is 2.21.